The smallest absolute Gasteiger partial charge is 0.273 e. The highest BCUT2D eigenvalue weighted by molar-refractivity contribution is 5.85. The summed E-state index contributed by atoms with van der Waals surface area (Å²) in [5, 5.41) is 11.0. The highest BCUT2D eigenvalue weighted by Gasteiger charge is 2.26. The average molecular weight is 300 g/mol. The second-order valence-corrected chi connectivity index (χ2v) is 5.38. The normalized spacial score (nSPS) is 23.1. The quantitative estimate of drug-likeness (QED) is 0.685. The Balaban J connectivity index is 0.00000200. The second-order valence-electron chi connectivity index (χ2n) is 5.38. The summed E-state index contributed by atoms with van der Waals surface area (Å²) >= 11 is 0. The maximum atomic E-state index is 11.0. The van der Waals surface area contributed by atoms with Crippen LogP contribution in [-0.4, -0.2) is 29.0 Å². The van der Waals surface area contributed by atoms with Crippen LogP contribution in [0.25, 0.3) is 0 Å². The number of hydrogen-bond donors (Lipinski definition) is 1. The van der Waals surface area contributed by atoms with E-state index in [0.29, 0.717) is 25.0 Å². The fourth-order valence-electron chi connectivity index (χ4n) is 2.80. The molecular formula is C14H22ClN3O2. The van der Waals surface area contributed by atoms with Crippen LogP contribution in [-0.2, 0) is 6.54 Å². The molecule has 0 saturated carbocycles. The minimum atomic E-state index is -0.306. The van der Waals surface area contributed by atoms with E-state index in [1.165, 1.54) is 0 Å². The molecule has 0 spiro atoms. The number of nitro benzene ring substituents is 1. The van der Waals surface area contributed by atoms with E-state index < -0.39 is 0 Å². The summed E-state index contributed by atoms with van der Waals surface area (Å²) in [6, 6.07) is 7.30. The molecule has 0 aromatic heterocycles. The van der Waals surface area contributed by atoms with Gasteiger partial charge in [-0.15, -0.1) is 12.4 Å². The molecule has 1 aliphatic rings. The molecule has 0 amide bonds. The Bertz CT molecular complexity index is 456. The van der Waals surface area contributed by atoms with Crippen LogP contribution < -0.4 is 5.73 Å². The summed E-state index contributed by atoms with van der Waals surface area (Å²) in [6.07, 6.45) is 2.22. The fourth-order valence-corrected chi connectivity index (χ4v) is 2.80. The zero-order valence-corrected chi connectivity index (χ0v) is 12.5. The molecule has 112 valence electrons. The van der Waals surface area contributed by atoms with Crippen molar-refractivity contribution < 1.29 is 4.92 Å². The van der Waals surface area contributed by atoms with Gasteiger partial charge in [0.1, 0.15) is 0 Å². The molecule has 1 fully saturated rings. The number of nitrogens with zero attached hydrogens (tertiary/aromatic N) is 2. The first-order chi connectivity index (χ1) is 9.11. The Hall–Kier alpha value is -1.17. The minimum absolute atomic E-state index is 0. The lowest BCUT2D eigenvalue weighted by Gasteiger charge is -2.37. The number of nitrogens with two attached hydrogens (primary N) is 1. The van der Waals surface area contributed by atoms with Gasteiger partial charge < -0.3 is 5.73 Å². The van der Waals surface area contributed by atoms with Gasteiger partial charge in [0, 0.05) is 30.8 Å². The molecule has 2 rings (SSSR count). The topological polar surface area (TPSA) is 72.4 Å². The molecule has 2 unspecified atom stereocenters. The van der Waals surface area contributed by atoms with Crippen molar-refractivity contribution in [2.24, 2.45) is 11.7 Å². The van der Waals surface area contributed by atoms with Gasteiger partial charge in [-0.05, 0) is 25.3 Å². The first-order valence-electron chi connectivity index (χ1n) is 6.78. The predicted octanol–water partition coefficient (Wildman–Crippen LogP) is 2.58. The number of rotatable bonds is 4. The van der Waals surface area contributed by atoms with E-state index in [9.17, 15) is 10.1 Å². The molecule has 1 aromatic carbocycles. The van der Waals surface area contributed by atoms with Crippen LogP contribution in [0.1, 0.15) is 25.3 Å². The van der Waals surface area contributed by atoms with E-state index >= 15 is 0 Å². The van der Waals surface area contributed by atoms with E-state index in [4.69, 9.17) is 5.73 Å². The van der Waals surface area contributed by atoms with Crippen molar-refractivity contribution in [2.75, 3.05) is 13.1 Å². The molecule has 1 heterocycles. The van der Waals surface area contributed by atoms with Crippen molar-refractivity contribution in [2.45, 2.75) is 32.4 Å². The van der Waals surface area contributed by atoms with Gasteiger partial charge >= 0.3 is 0 Å². The number of para-hydroxylation sites is 1. The number of nitro groups is 1. The molecular weight excluding hydrogens is 278 g/mol. The van der Waals surface area contributed by atoms with Crippen molar-refractivity contribution in [1.29, 1.82) is 0 Å². The van der Waals surface area contributed by atoms with Gasteiger partial charge in [-0.3, -0.25) is 15.0 Å². The van der Waals surface area contributed by atoms with Gasteiger partial charge in [-0.25, -0.2) is 0 Å². The molecule has 6 heteroatoms. The van der Waals surface area contributed by atoms with Crippen LogP contribution >= 0.6 is 12.4 Å². The summed E-state index contributed by atoms with van der Waals surface area (Å²) in [7, 11) is 0. The number of likely N-dealkylation sites (tertiary alicyclic amines) is 1. The molecule has 5 nitrogen and oxygen atoms in total. The number of hydrogen-bond acceptors (Lipinski definition) is 4. The Morgan fingerprint density at radius 2 is 2.15 bits per heavy atom. The summed E-state index contributed by atoms with van der Waals surface area (Å²) in [6.45, 7) is 4.44. The molecule has 1 aromatic rings. The van der Waals surface area contributed by atoms with E-state index in [-0.39, 0.29) is 23.0 Å². The van der Waals surface area contributed by atoms with Crippen molar-refractivity contribution in [3.8, 4) is 0 Å². The van der Waals surface area contributed by atoms with Crippen LogP contribution in [0.3, 0.4) is 0 Å². The second kappa shape index (κ2) is 7.57. The highest BCUT2D eigenvalue weighted by Crippen LogP contribution is 2.26. The number of piperidine rings is 1. The van der Waals surface area contributed by atoms with Crippen molar-refractivity contribution in [3.63, 3.8) is 0 Å². The average Bonchev–Trinajstić information content (AvgIpc) is 2.41. The van der Waals surface area contributed by atoms with Gasteiger partial charge in [0.15, 0.2) is 0 Å². The molecule has 0 aliphatic carbocycles. The highest BCUT2D eigenvalue weighted by atomic mass is 35.5. The van der Waals surface area contributed by atoms with E-state index in [0.717, 1.165) is 24.9 Å². The third-order valence-corrected chi connectivity index (χ3v) is 3.93. The van der Waals surface area contributed by atoms with Crippen molar-refractivity contribution in [3.05, 3.63) is 39.9 Å². The molecule has 20 heavy (non-hydrogen) atoms. The lowest BCUT2D eigenvalue weighted by atomic mass is 9.92. The summed E-state index contributed by atoms with van der Waals surface area (Å²) in [4.78, 5) is 13.0. The third-order valence-electron chi connectivity index (χ3n) is 3.93. The molecule has 2 atom stereocenters. The van der Waals surface area contributed by atoms with Crippen LogP contribution in [0.2, 0.25) is 0 Å². The molecule has 0 radical (unpaired) electrons. The van der Waals surface area contributed by atoms with Crippen molar-refractivity contribution >= 4 is 18.1 Å². The Labute approximate surface area is 125 Å². The van der Waals surface area contributed by atoms with Gasteiger partial charge in [0.05, 0.1) is 4.92 Å². The number of halogens is 1. The number of benzene rings is 1. The Morgan fingerprint density at radius 3 is 2.80 bits per heavy atom. The van der Waals surface area contributed by atoms with Crippen LogP contribution in [0, 0.1) is 16.0 Å². The fraction of sp³-hybridized carbons (Fsp3) is 0.571. The Morgan fingerprint density at radius 1 is 1.45 bits per heavy atom. The maximum absolute atomic E-state index is 11.0. The summed E-state index contributed by atoms with van der Waals surface area (Å²) in [5.74, 6) is 0.690. The van der Waals surface area contributed by atoms with Crippen LogP contribution in [0.4, 0.5) is 5.69 Å². The van der Waals surface area contributed by atoms with Crippen LogP contribution in [0.15, 0.2) is 24.3 Å². The molecule has 1 saturated heterocycles. The third kappa shape index (κ3) is 3.91. The standard InChI is InChI=1S/C14H21N3O2.ClH/c1-11-6-7-16(13(8-11)9-15)10-12-4-2-3-5-14(12)17(18)19;/h2-5,11,13H,6-10,15H2,1H3;1H. The summed E-state index contributed by atoms with van der Waals surface area (Å²) < 4.78 is 0. The van der Waals surface area contributed by atoms with E-state index in [2.05, 4.69) is 11.8 Å². The van der Waals surface area contributed by atoms with E-state index in [1.807, 2.05) is 12.1 Å². The first kappa shape index (κ1) is 16.9. The van der Waals surface area contributed by atoms with E-state index in [1.54, 1.807) is 12.1 Å². The lowest BCUT2D eigenvalue weighted by molar-refractivity contribution is -0.385. The lowest BCUT2D eigenvalue weighted by Crippen LogP contribution is -2.45. The Kier molecular flexibility index (Phi) is 6.39. The zero-order chi connectivity index (χ0) is 13.8. The first-order valence-corrected chi connectivity index (χ1v) is 6.78. The van der Waals surface area contributed by atoms with Gasteiger partial charge in [-0.2, -0.15) is 0 Å². The molecule has 1 aliphatic heterocycles. The monoisotopic (exact) mass is 299 g/mol. The SMILES string of the molecule is CC1CCN(Cc2ccccc2[N+](=O)[O-])C(CN)C1.Cl. The van der Waals surface area contributed by atoms with Gasteiger partial charge in [-0.1, -0.05) is 25.1 Å². The predicted molar refractivity (Wildman–Crippen MR) is 82.0 cm³/mol. The van der Waals surface area contributed by atoms with Gasteiger partial charge in [0.2, 0.25) is 0 Å². The molecule has 0 bridgehead atoms. The van der Waals surface area contributed by atoms with Crippen molar-refractivity contribution in [1.82, 2.24) is 4.90 Å². The molecule has 2 N–H and O–H groups in total. The largest absolute Gasteiger partial charge is 0.329 e. The van der Waals surface area contributed by atoms with Gasteiger partial charge in [0.25, 0.3) is 5.69 Å². The summed E-state index contributed by atoms with van der Waals surface area (Å²) in [5.41, 5.74) is 6.82. The minimum Gasteiger partial charge on any atom is -0.329 e. The zero-order valence-electron chi connectivity index (χ0n) is 11.7. The van der Waals surface area contributed by atoms with Crippen LogP contribution in [0.5, 0.6) is 0 Å². The maximum Gasteiger partial charge on any atom is 0.273 e.